The van der Waals surface area contributed by atoms with Crippen LogP contribution in [0.1, 0.15) is 12.6 Å². The van der Waals surface area contributed by atoms with Crippen molar-refractivity contribution in [2.24, 2.45) is 0 Å². The summed E-state index contributed by atoms with van der Waals surface area (Å²) in [5.41, 5.74) is 3.22. The molecule has 0 atom stereocenters. The van der Waals surface area contributed by atoms with E-state index < -0.39 is 0 Å². The molecule has 1 N–H and O–H groups in total. The Kier molecular flexibility index (Phi) is 1.89. The first kappa shape index (κ1) is 7.80. The van der Waals surface area contributed by atoms with Crippen molar-refractivity contribution in [3.05, 3.63) is 28.5 Å². The molecule has 2 aromatic heterocycles. The molecular weight excluding hydrogens is 216 g/mol. The van der Waals surface area contributed by atoms with E-state index in [4.69, 9.17) is 0 Å². The highest BCUT2D eigenvalue weighted by Crippen LogP contribution is 2.21. The highest BCUT2D eigenvalue weighted by molar-refractivity contribution is 9.10. The first-order valence-corrected chi connectivity index (χ1v) is 4.73. The molecule has 0 aromatic carbocycles. The standard InChI is InChI=1S/C9H9BrN2/c1-2-6-5-7(10)9-8(12-6)3-4-11-9/h3-5,11H,2H2,1H3. The van der Waals surface area contributed by atoms with Gasteiger partial charge in [0.1, 0.15) is 0 Å². The lowest BCUT2D eigenvalue weighted by atomic mass is 10.3. The summed E-state index contributed by atoms with van der Waals surface area (Å²) in [5.74, 6) is 0. The van der Waals surface area contributed by atoms with Gasteiger partial charge in [0.05, 0.1) is 11.0 Å². The first-order chi connectivity index (χ1) is 5.81. The molecule has 0 saturated heterocycles. The molecule has 2 heterocycles. The Morgan fingerprint density at radius 3 is 3.17 bits per heavy atom. The predicted octanol–water partition coefficient (Wildman–Crippen LogP) is 2.89. The molecular formula is C9H9BrN2. The van der Waals surface area contributed by atoms with Gasteiger partial charge in [0.25, 0.3) is 0 Å². The first-order valence-electron chi connectivity index (χ1n) is 3.93. The minimum Gasteiger partial charge on any atom is -0.359 e. The lowest BCUT2D eigenvalue weighted by Crippen LogP contribution is -1.86. The lowest BCUT2D eigenvalue weighted by molar-refractivity contribution is 1.05. The van der Waals surface area contributed by atoms with Gasteiger partial charge in [-0.15, -0.1) is 0 Å². The third-order valence-corrected chi connectivity index (χ3v) is 2.51. The minimum atomic E-state index is 0.972. The SMILES string of the molecule is CCc1cc(Br)c2[nH]ccc2n1. The number of aromatic amines is 1. The molecule has 0 radical (unpaired) electrons. The van der Waals surface area contributed by atoms with E-state index in [2.05, 4.69) is 38.9 Å². The van der Waals surface area contributed by atoms with Crippen LogP contribution < -0.4 is 0 Å². The fraction of sp³-hybridized carbons (Fsp3) is 0.222. The summed E-state index contributed by atoms with van der Waals surface area (Å²) in [6.45, 7) is 2.10. The summed E-state index contributed by atoms with van der Waals surface area (Å²) >= 11 is 3.50. The minimum absolute atomic E-state index is 0.972. The van der Waals surface area contributed by atoms with E-state index in [1.54, 1.807) is 0 Å². The molecule has 0 saturated carbocycles. The molecule has 2 nitrogen and oxygen atoms in total. The van der Waals surface area contributed by atoms with E-state index in [0.717, 1.165) is 27.6 Å². The zero-order chi connectivity index (χ0) is 8.55. The average Bonchev–Trinajstić information content (AvgIpc) is 2.52. The molecule has 12 heavy (non-hydrogen) atoms. The van der Waals surface area contributed by atoms with Crippen molar-refractivity contribution in [2.45, 2.75) is 13.3 Å². The Labute approximate surface area is 79.1 Å². The molecule has 2 aromatic rings. The van der Waals surface area contributed by atoms with Crippen LogP contribution in [0.25, 0.3) is 11.0 Å². The van der Waals surface area contributed by atoms with E-state index in [-0.39, 0.29) is 0 Å². The van der Waals surface area contributed by atoms with Gasteiger partial charge in [-0.25, -0.2) is 0 Å². The van der Waals surface area contributed by atoms with Gasteiger partial charge in [-0.2, -0.15) is 0 Å². The summed E-state index contributed by atoms with van der Waals surface area (Å²) in [7, 11) is 0. The number of hydrogen-bond acceptors (Lipinski definition) is 1. The summed E-state index contributed by atoms with van der Waals surface area (Å²) in [6.07, 6.45) is 2.88. The van der Waals surface area contributed by atoms with Crippen molar-refractivity contribution < 1.29 is 0 Å². The van der Waals surface area contributed by atoms with Crippen LogP contribution in [0.5, 0.6) is 0 Å². The van der Waals surface area contributed by atoms with Crippen molar-refractivity contribution in [3.8, 4) is 0 Å². The predicted molar refractivity (Wildman–Crippen MR) is 53.2 cm³/mol. The topological polar surface area (TPSA) is 28.7 Å². The maximum Gasteiger partial charge on any atom is 0.0893 e. The molecule has 0 bridgehead atoms. The van der Waals surface area contributed by atoms with E-state index in [0.29, 0.717) is 0 Å². The highest BCUT2D eigenvalue weighted by Gasteiger charge is 2.02. The Morgan fingerprint density at radius 1 is 1.58 bits per heavy atom. The van der Waals surface area contributed by atoms with E-state index in [9.17, 15) is 0 Å². The number of H-pyrrole nitrogens is 1. The number of nitrogens with zero attached hydrogens (tertiary/aromatic N) is 1. The molecule has 3 heteroatoms. The van der Waals surface area contributed by atoms with Crippen molar-refractivity contribution >= 4 is 27.0 Å². The number of rotatable bonds is 1. The zero-order valence-electron chi connectivity index (χ0n) is 6.76. The third-order valence-electron chi connectivity index (χ3n) is 1.88. The summed E-state index contributed by atoms with van der Waals surface area (Å²) in [4.78, 5) is 7.58. The van der Waals surface area contributed by atoms with Gasteiger partial charge in [0.2, 0.25) is 0 Å². The molecule has 0 amide bonds. The number of halogens is 1. The molecule has 0 fully saturated rings. The number of nitrogens with one attached hydrogen (secondary N) is 1. The Morgan fingerprint density at radius 2 is 2.42 bits per heavy atom. The molecule has 2 rings (SSSR count). The number of aromatic nitrogens is 2. The van der Waals surface area contributed by atoms with Crippen LogP contribution >= 0.6 is 15.9 Å². The Hall–Kier alpha value is -0.830. The highest BCUT2D eigenvalue weighted by atomic mass is 79.9. The number of fused-ring (bicyclic) bond motifs is 1. The fourth-order valence-corrected chi connectivity index (χ4v) is 1.81. The van der Waals surface area contributed by atoms with Gasteiger partial charge >= 0.3 is 0 Å². The third kappa shape index (κ3) is 1.14. The van der Waals surface area contributed by atoms with Crippen LogP contribution in [0.3, 0.4) is 0 Å². The fourth-order valence-electron chi connectivity index (χ4n) is 1.23. The van der Waals surface area contributed by atoms with Gasteiger partial charge in [0.15, 0.2) is 0 Å². The van der Waals surface area contributed by atoms with Crippen molar-refractivity contribution in [3.63, 3.8) is 0 Å². The lowest BCUT2D eigenvalue weighted by Gasteiger charge is -1.98. The molecule has 0 spiro atoms. The van der Waals surface area contributed by atoms with Crippen molar-refractivity contribution in [2.75, 3.05) is 0 Å². The number of pyridine rings is 1. The largest absolute Gasteiger partial charge is 0.359 e. The van der Waals surface area contributed by atoms with Crippen molar-refractivity contribution in [1.82, 2.24) is 9.97 Å². The summed E-state index contributed by atoms with van der Waals surface area (Å²) < 4.78 is 1.09. The monoisotopic (exact) mass is 224 g/mol. The van der Waals surface area contributed by atoms with E-state index >= 15 is 0 Å². The zero-order valence-corrected chi connectivity index (χ0v) is 8.35. The normalized spacial score (nSPS) is 10.8. The van der Waals surface area contributed by atoms with Crippen LogP contribution in [-0.4, -0.2) is 9.97 Å². The molecule has 0 unspecified atom stereocenters. The van der Waals surface area contributed by atoms with Crippen LogP contribution in [0.15, 0.2) is 22.8 Å². The van der Waals surface area contributed by atoms with Gasteiger partial charge in [-0.1, -0.05) is 6.92 Å². The second kappa shape index (κ2) is 2.90. The summed E-state index contributed by atoms with van der Waals surface area (Å²) in [5, 5.41) is 0. The smallest absolute Gasteiger partial charge is 0.0893 e. The van der Waals surface area contributed by atoms with Crippen LogP contribution in [0.4, 0.5) is 0 Å². The maximum atomic E-state index is 4.45. The van der Waals surface area contributed by atoms with E-state index in [1.807, 2.05) is 12.3 Å². The number of aryl methyl sites for hydroxylation is 1. The van der Waals surface area contributed by atoms with Crippen LogP contribution in [0.2, 0.25) is 0 Å². The average molecular weight is 225 g/mol. The maximum absolute atomic E-state index is 4.45. The molecule has 0 aliphatic carbocycles. The second-order valence-electron chi connectivity index (χ2n) is 2.69. The Bertz CT molecular complexity index is 406. The molecule has 62 valence electrons. The summed E-state index contributed by atoms with van der Waals surface area (Å²) in [6, 6.07) is 4.04. The number of hydrogen-bond donors (Lipinski definition) is 1. The van der Waals surface area contributed by atoms with Crippen LogP contribution in [-0.2, 0) is 6.42 Å². The van der Waals surface area contributed by atoms with Gasteiger partial charge in [-0.05, 0) is 34.5 Å². The van der Waals surface area contributed by atoms with Crippen molar-refractivity contribution in [1.29, 1.82) is 0 Å². The van der Waals surface area contributed by atoms with E-state index in [1.165, 1.54) is 0 Å². The quantitative estimate of drug-likeness (QED) is 0.794. The molecule has 0 aliphatic heterocycles. The second-order valence-corrected chi connectivity index (χ2v) is 3.54. The van der Waals surface area contributed by atoms with Gasteiger partial charge in [0, 0.05) is 16.4 Å². The van der Waals surface area contributed by atoms with Gasteiger partial charge in [-0.3, -0.25) is 4.98 Å². The van der Waals surface area contributed by atoms with Crippen LogP contribution in [0, 0.1) is 0 Å². The molecule has 0 aliphatic rings. The van der Waals surface area contributed by atoms with Gasteiger partial charge < -0.3 is 4.98 Å². The Balaban J connectivity index is 2.75.